The number of ether oxygens (including phenoxy) is 1. The van der Waals surface area contributed by atoms with Crippen molar-refractivity contribution < 1.29 is 29.0 Å². The molecule has 0 aliphatic carbocycles. The van der Waals surface area contributed by atoms with Gasteiger partial charge >= 0.3 is 11.9 Å². The van der Waals surface area contributed by atoms with E-state index >= 15 is 0 Å². The van der Waals surface area contributed by atoms with Crippen LogP contribution in [0.3, 0.4) is 0 Å². The average molecular weight is 441 g/mol. The Bertz CT molecular complexity index is 537. The van der Waals surface area contributed by atoms with Gasteiger partial charge in [0.15, 0.2) is 6.10 Å². The van der Waals surface area contributed by atoms with Gasteiger partial charge in [0.1, 0.15) is 6.54 Å². The maximum Gasteiger partial charge on any atom is 0.307 e. The van der Waals surface area contributed by atoms with E-state index in [4.69, 9.17) is 9.84 Å². The van der Waals surface area contributed by atoms with Crippen LogP contribution in [0, 0.1) is 0 Å². The number of carboxylic acid groups (broad SMARTS) is 1. The Balaban J connectivity index is 3.82. The van der Waals surface area contributed by atoms with E-state index in [9.17, 15) is 14.7 Å². The standard InChI is InChI=1S/C25H45NO5/c1-5-6-7-8-9-11-14-17-22(27)18-15-12-10-13-16-19-25(30)31-23(20-24(28)29)21-26(2,3)4/h8-9,11,14,22-23,27H,5-7,10,12-13,15-21H2,1-4H3/p+1/b9-8+,14-11+. The number of unbranched alkanes of at least 4 members (excludes halogenated alkanes) is 6. The summed E-state index contributed by atoms with van der Waals surface area (Å²) in [6.45, 7) is 2.66. The van der Waals surface area contributed by atoms with Crippen LogP contribution in [0.1, 0.15) is 84.0 Å². The van der Waals surface area contributed by atoms with Crippen LogP contribution in [0.25, 0.3) is 0 Å². The number of carbonyl (C=O) groups is 2. The van der Waals surface area contributed by atoms with Crippen LogP contribution < -0.4 is 0 Å². The molecule has 0 saturated heterocycles. The number of quaternary nitrogens is 1. The lowest BCUT2D eigenvalue weighted by Crippen LogP contribution is -2.43. The number of nitrogens with zero attached hydrogens (tertiary/aromatic N) is 1. The molecule has 6 nitrogen and oxygen atoms in total. The molecule has 2 N–H and O–H groups in total. The number of aliphatic carboxylic acids is 1. The lowest BCUT2D eigenvalue weighted by atomic mass is 10.1. The van der Waals surface area contributed by atoms with E-state index in [-0.39, 0.29) is 18.5 Å². The predicted octanol–water partition coefficient (Wildman–Crippen LogP) is 4.86. The maximum absolute atomic E-state index is 12.0. The molecule has 0 aromatic carbocycles. The van der Waals surface area contributed by atoms with Gasteiger partial charge in [0.2, 0.25) is 0 Å². The summed E-state index contributed by atoms with van der Waals surface area (Å²) in [6, 6.07) is 0. The Kier molecular flexibility index (Phi) is 17.0. The van der Waals surface area contributed by atoms with E-state index in [0.717, 1.165) is 44.9 Å². The first kappa shape index (κ1) is 29.3. The number of likely N-dealkylation sites (N-methyl/N-ethyl adjacent to an activating group) is 1. The average Bonchev–Trinajstić information content (AvgIpc) is 2.64. The van der Waals surface area contributed by atoms with Gasteiger partial charge in [-0.25, -0.2) is 0 Å². The smallest absolute Gasteiger partial charge is 0.307 e. The van der Waals surface area contributed by atoms with Gasteiger partial charge in [0, 0.05) is 6.42 Å². The summed E-state index contributed by atoms with van der Waals surface area (Å²) in [7, 11) is 5.84. The maximum atomic E-state index is 12.0. The zero-order chi connectivity index (χ0) is 23.5. The summed E-state index contributed by atoms with van der Waals surface area (Å²) >= 11 is 0. The van der Waals surface area contributed by atoms with E-state index in [1.807, 2.05) is 33.3 Å². The summed E-state index contributed by atoms with van der Waals surface area (Å²) in [6.07, 6.45) is 17.3. The van der Waals surface area contributed by atoms with Crippen molar-refractivity contribution in [2.75, 3.05) is 27.7 Å². The minimum atomic E-state index is -0.952. The molecule has 0 aromatic rings. The molecule has 0 fully saturated rings. The third-order valence-corrected chi connectivity index (χ3v) is 4.89. The van der Waals surface area contributed by atoms with Crippen LogP contribution >= 0.6 is 0 Å². The monoisotopic (exact) mass is 440 g/mol. The van der Waals surface area contributed by atoms with Crippen molar-refractivity contribution in [3.63, 3.8) is 0 Å². The second-order valence-corrected chi connectivity index (χ2v) is 9.38. The van der Waals surface area contributed by atoms with Crippen LogP contribution in [0.2, 0.25) is 0 Å². The molecule has 0 bridgehead atoms. The first-order valence-corrected chi connectivity index (χ1v) is 11.9. The summed E-state index contributed by atoms with van der Waals surface area (Å²) < 4.78 is 5.94. The van der Waals surface area contributed by atoms with Crippen LogP contribution in [-0.4, -0.2) is 66.5 Å². The van der Waals surface area contributed by atoms with Crippen LogP contribution in [0.5, 0.6) is 0 Å². The topological polar surface area (TPSA) is 83.8 Å². The van der Waals surface area contributed by atoms with Crippen LogP contribution in [0.15, 0.2) is 24.3 Å². The van der Waals surface area contributed by atoms with Gasteiger partial charge in [-0.3, -0.25) is 9.59 Å². The third kappa shape index (κ3) is 21.4. The predicted molar refractivity (Wildman–Crippen MR) is 126 cm³/mol. The van der Waals surface area contributed by atoms with Gasteiger partial charge in [-0.2, -0.15) is 0 Å². The lowest BCUT2D eigenvalue weighted by Gasteiger charge is -2.28. The van der Waals surface area contributed by atoms with Crippen molar-refractivity contribution in [1.29, 1.82) is 0 Å². The fourth-order valence-electron chi connectivity index (χ4n) is 3.30. The molecule has 0 aliphatic rings. The first-order chi connectivity index (χ1) is 14.6. The minimum absolute atomic E-state index is 0.159. The molecule has 0 radical (unpaired) electrons. The number of hydrogen-bond acceptors (Lipinski definition) is 4. The lowest BCUT2D eigenvalue weighted by molar-refractivity contribution is -0.873. The van der Waals surface area contributed by atoms with Gasteiger partial charge in [-0.15, -0.1) is 0 Å². The van der Waals surface area contributed by atoms with Crippen molar-refractivity contribution in [2.24, 2.45) is 0 Å². The normalized spacial score (nSPS) is 14.2. The molecule has 0 aromatic heterocycles. The number of allylic oxidation sites excluding steroid dienone is 3. The zero-order valence-corrected chi connectivity index (χ0v) is 20.2. The SMILES string of the molecule is CCCC/C=C/C=C/CC(O)CCCCCCCC(=O)OC(CC(=O)O)C[N+](C)(C)C. The highest BCUT2D eigenvalue weighted by Gasteiger charge is 2.24. The fraction of sp³-hybridized carbons (Fsp3) is 0.760. The molecule has 2 atom stereocenters. The number of rotatable bonds is 19. The molecule has 0 rings (SSSR count). The fourth-order valence-corrected chi connectivity index (χ4v) is 3.30. The van der Waals surface area contributed by atoms with Crippen molar-refractivity contribution >= 4 is 11.9 Å². The second kappa shape index (κ2) is 18.0. The van der Waals surface area contributed by atoms with Crippen molar-refractivity contribution in [2.45, 2.75) is 96.2 Å². The van der Waals surface area contributed by atoms with E-state index < -0.39 is 12.1 Å². The molecule has 0 amide bonds. The molecule has 0 heterocycles. The summed E-state index contributed by atoms with van der Waals surface area (Å²) in [5.41, 5.74) is 0. The highest BCUT2D eigenvalue weighted by molar-refractivity contribution is 5.71. The molecule has 0 spiro atoms. The van der Waals surface area contributed by atoms with Gasteiger partial charge in [-0.05, 0) is 25.7 Å². The quantitative estimate of drug-likeness (QED) is 0.130. The minimum Gasteiger partial charge on any atom is -0.481 e. The van der Waals surface area contributed by atoms with E-state index in [1.165, 1.54) is 12.8 Å². The van der Waals surface area contributed by atoms with Gasteiger partial charge in [0.05, 0.1) is 33.7 Å². The molecular weight excluding hydrogens is 394 g/mol. The third-order valence-electron chi connectivity index (χ3n) is 4.89. The number of carbonyl (C=O) groups excluding carboxylic acids is 1. The Morgan fingerprint density at radius 2 is 1.61 bits per heavy atom. The second-order valence-electron chi connectivity index (χ2n) is 9.38. The summed E-state index contributed by atoms with van der Waals surface area (Å²) in [5.74, 6) is -1.27. The number of esters is 1. The number of aliphatic hydroxyl groups excluding tert-OH is 1. The molecule has 0 aliphatic heterocycles. The molecule has 180 valence electrons. The van der Waals surface area contributed by atoms with Crippen LogP contribution in [-0.2, 0) is 14.3 Å². The van der Waals surface area contributed by atoms with E-state index in [2.05, 4.69) is 19.1 Å². The molecule has 6 heteroatoms. The van der Waals surface area contributed by atoms with Gasteiger partial charge < -0.3 is 19.4 Å². The highest BCUT2D eigenvalue weighted by atomic mass is 16.5. The Morgan fingerprint density at radius 1 is 0.968 bits per heavy atom. The number of hydrogen-bond donors (Lipinski definition) is 2. The number of aliphatic hydroxyl groups is 1. The van der Waals surface area contributed by atoms with Crippen molar-refractivity contribution in [3.8, 4) is 0 Å². The van der Waals surface area contributed by atoms with Gasteiger partial charge in [0.25, 0.3) is 0 Å². The molecule has 2 unspecified atom stereocenters. The van der Waals surface area contributed by atoms with Gasteiger partial charge in [-0.1, -0.05) is 69.8 Å². The summed E-state index contributed by atoms with van der Waals surface area (Å²) in [4.78, 5) is 23.0. The van der Waals surface area contributed by atoms with Crippen molar-refractivity contribution in [1.82, 2.24) is 0 Å². The number of carboxylic acids is 1. The largest absolute Gasteiger partial charge is 0.481 e. The van der Waals surface area contributed by atoms with E-state index in [1.54, 1.807) is 0 Å². The Morgan fingerprint density at radius 3 is 2.26 bits per heavy atom. The van der Waals surface area contributed by atoms with E-state index in [0.29, 0.717) is 23.9 Å². The Labute approximate surface area is 189 Å². The highest BCUT2D eigenvalue weighted by Crippen LogP contribution is 2.12. The Hall–Kier alpha value is -1.66. The van der Waals surface area contributed by atoms with Crippen molar-refractivity contribution in [3.05, 3.63) is 24.3 Å². The zero-order valence-electron chi connectivity index (χ0n) is 20.2. The molecule has 0 saturated carbocycles. The molecular formula is C25H46NO5+. The first-order valence-electron chi connectivity index (χ1n) is 11.9. The summed E-state index contributed by atoms with van der Waals surface area (Å²) in [5, 5.41) is 19.0. The van der Waals surface area contributed by atoms with Crippen LogP contribution in [0.4, 0.5) is 0 Å². The molecule has 31 heavy (non-hydrogen) atoms.